The minimum Gasteiger partial charge on any atom is -0.438 e. The van der Waals surface area contributed by atoms with Gasteiger partial charge in [0.2, 0.25) is 0 Å². The number of hydrogen-bond donors (Lipinski definition) is 2. The van der Waals surface area contributed by atoms with E-state index in [0.29, 0.717) is 12.3 Å². The first kappa shape index (κ1) is 28.8. The lowest BCUT2D eigenvalue weighted by Gasteiger charge is -2.23. The second kappa shape index (κ2) is 22.5. The Kier molecular flexibility index (Phi) is 21.5. The number of allylic oxidation sites excluding steroid dienone is 4. The molecule has 0 bridgehead atoms. The lowest BCUT2D eigenvalue weighted by Crippen LogP contribution is -2.35. The van der Waals surface area contributed by atoms with Crippen LogP contribution in [0.2, 0.25) is 0 Å². The number of carbonyl (C=O) groups excluding carboxylic acids is 2. The summed E-state index contributed by atoms with van der Waals surface area (Å²) in [7, 11) is 0. The average molecular weight is 440 g/mol. The number of rotatable bonds is 20. The molecule has 0 saturated heterocycles. The Labute approximate surface area is 190 Å². The summed E-state index contributed by atoms with van der Waals surface area (Å²) < 4.78 is 5.41. The van der Waals surface area contributed by atoms with Crippen LogP contribution in [0.4, 0.5) is 4.79 Å². The molecule has 0 saturated carbocycles. The maximum absolute atomic E-state index is 11.9. The van der Waals surface area contributed by atoms with Gasteiger partial charge in [0.05, 0.1) is 0 Å². The number of alkyl carbamates (subject to hydrolysis) is 1. The normalized spacial score (nSPS) is 13.6. The van der Waals surface area contributed by atoms with Crippen LogP contribution in [0, 0.1) is 5.92 Å². The van der Waals surface area contributed by atoms with E-state index < -0.39 is 12.2 Å². The summed E-state index contributed by atoms with van der Waals surface area (Å²) in [5.41, 5.74) is 0. The molecule has 5 heteroatoms. The third-order valence-corrected chi connectivity index (χ3v) is 5.41. The van der Waals surface area contributed by atoms with Crippen molar-refractivity contribution >= 4 is 25.0 Å². The Bertz CT molecular complexity index is 465. The molecule has 30 heavy (non-hydrogen) atoms. The van der Waals surface area contributed by atoms with Crippen molar-refractivity contribution < 1.29 is 14.3 Å². The standard InChI is InChI=1S/C25H45NO3S/c1-3-5-7-9-10-11-12-13-15-17-19-23(18-16-14-8-6-4-2)24(22-27)29-25(28)26-20-21-30/h5,7,10-11,22-24,30H,3-4,6,8-9,12-21H2,1-2H3,(H,26,28). The molecule has 0 aliphatic carbocycles. The minimum atomic E-state index is -0.652. The van der Waals surface area contributed by atoms with Gasteiger partial charge in [0.1, 0.15) is 0 Å². The topological polar surface area (TPSA) is 55.4 Å². The molecular formula is C25H45NO3S. The lowest BCUT2D eigenvalue weighted by atomic mass is 9.90. The summed E-state index contributed by atoms with van der Waals surface area (Å²) in [6.45, 7) is 4.80. The number of hydrogen-bond acceptors (Lipinski definition) is 4. The van der Waals surface area contributed by atoms with Crippen LogP contribution in [-0.4, -0.2) is 30.8 Å². The molecule has 0 aliphatic heterocycles. The maximum atomic E-state index is 11.9. The second-order valence-corrected chi connectivity index (χ2v) is 8.29. The highest BCUT2D eigenvalue weighted by molar-refractivity contribution is 7.80. The minimum absolute atomic E-state index is 0.112. The number of ether oxygens (including phenoxy) is 1. The largest absolute Gasteiger partial charge is 0.438 e. The zero-order valence-corrected chi connectivity index (χ0v) is 20.2. The van der Waals surface area contributed by atoms with Crippen molar-refractivity contribution in [1.29, 1.82) is 0 Å². The average Bonchev–Trinajstić information content (AvgIpc) is 2.75. The summed E-state index contributed by atoms with van der Waals surface area (Å²) in [5.74, 6) is 0.658. The molecule has 0 spiro atoms. The maximum Gasteiger partial charge on any atom is 0.407 e. The van der Waals surface area contributed by atoms with E-state index in [1.54, 1.807) is 0 Å². The molecule has 0 aromatic rings. The summed E-state index contributed by atoms with van der Waals surface area (Å²) in [6.07, 6.45) is 22.9. The van der Waals surface area contributed by atoms with Gasteiger partial charge in [-0.3, -0.25) is 4.79 Å². The van der Waals surface area contributed by atoms with E-state index in [2.05, 4.69) is 56.1 Å². The van der Waals surface area contributed by atoms with Gasteiger partial charge in [-0.05, 0) is 38.5 Å². The van der Waals surface area contributed by atoms with Crippen molar-refractivity contribution in [3.8, 4) is 0 Å². The summed E-state index contributed by atoms with van der Waals surface area (Å²) in [5, 5.41) is 2.64. The molecule has 2 unspecified atom stereocenters. The highest BCUT2D eigenvalue weighted by Crippen LogP contribution is 2.23. The van der Waals surface area contributed by atoms with E-state index in [-0.39, 0.29) is 5.92 Å². The molecular weight excluding hydrogens is 394 g/mol. The van der Waals surface area contributed by atoms with Gasteiger partial charge in [-0.1, -0.05) is 83.1 Å². The van der Waals surface area contributed by atoms with Gasteiger partial charge in [0.25, 0.3) is 0 Å². The first-order chi connectivity index (χ1) is 14.7. The van der Waals surface area contributed by atoms with Crippen LogP contribution in [0.3, 0.4) is 0 Å². The third-order valence-electron chi connectivity index (χ3n) is 5.19. The Morgan fingerprint density at radius 1 is 0.933 bits per heavy atom. The Morgan fingerprint density at radius 2 is 1.60 bits per heavy atom. The van der Waals surface area contributed by atoms with Gasteiger partial charge < -0.3 is 10.1 Å². The van der Waals surface area contributed by atoms with Crippen LogP contribution < -0.4 is 5.32 Å². The van der Waals surface area contributed by atoms with Crippen LogP contribution in [-0.2, 0) is 9.53 Å². The predicted octanol–water partition coefficient (Wildman–Crippen LogP) is 7.05. The number of aldehydes is 1. The summed E-state index contributed by atoms with van der Waals surface area (Å²) in [6, 6.07) is 0. The van der Waals surface area contributed by atoms with E-state index in [4.69, 9.17) is 4.74 Å². The number of carbonyl (C=O) groups is 2. The van der Waals surface area contributed by atoms with Crippen molar-refractivity contribution in [1.82, 2.24) is 5.32 Å². The van der Waals surface area contributed by atoms with Crippen molar-refractivity contribution in [3.63, 3.8) is 0 Å². The van der Waals surface area contributed by atoms with Crippen LogP contribution >= 0.6 is 12.6 Å². The fourth-order valence-electron chi connectivity index (χ4n) is 3.44. The smallest absolute Gasteiger partial charge is 0.407 e. The lowest BCUT2D eigenvalue weighted by molar-refractivity contribution is -0.118. The molecule has 2 atom stereocenters. The molecule has 0 aromatic heterocycles. The summed E-state index contributed by atoms with van der Waals surface area (Å²) >= 11 is 4.08. The van der Waals surface area contributed by atoms with Gasteiger partial charge in [-0.25, -0.2) is 4.79 Å². The van der Waals surface area contributed by atoms with Gasteiger partial charge in [-0.2, -0.15) is 12.6 Å². The molecule has 0 aliphatic rings. The molecule has 0 aromatic carbocycles. The van der Waals surface area contributed by atoms with Gasteiger partial charge in [0, 0.05) is 18.2 Å². The zero-order chi connectivity index (χ0) is 22.3. The molecule has 4 nitrogen and oxygen atoms in total. The van der Waals surface area contributed by atoms with Crippen molar-refractivity contribution in [2.45, 2.75) is 103 Å². The fourth-order valence-corrected chi connectivity index (χ4v) is 3.55. The van der Waals surface area contributed by atoms with Gasteiger partial charge in [-0.15, -0.1) is 0 Å². The Balaban J connectivity index is 4.37. The first-order valence-electron chi connectivity index (χ1n) is 12.0. The SMILES string of the molecule is CCC=CCC=CCCCCCC(CCCCCCC)C(C=O)OC(=O)NCCS. The molecule has 1 amide bonds. The van der Waals surface area contributed by atoms with Crippen LogP contribution in [0.1, 0.15) is 97.3 Å². The number of thiol groups is 1. The fraction of sp³-hybridized carbons (Fsp3) is 0.760. The zero-order valence-electron chi connectivity index (χ0n) is 19.3. The van der Waals surface area contributed by atoms with Crippen molar-refractivity contribution in [2.24, 2.45) is 5.92 Å². The molecule has 174 valence electrons. The molecule has 0 radical (unpaired) electrons. The highest BCUT2D eigenvalue weighted by Gasteiger charge is 2.24. The molecule has 0 heterocycles. The monoisotopic (exact) mass is 439 g/mol. The molecule has 1 N–H and O–H groups in total. The van der Waals surface area contributed by atoms with E-state index in [1.165, 1.54) is 25.7 Å². The number of nitrogens with one attached hydrogen (secondary N) is 1. The van der Waals surface area contributed by atoms with Crippen LogP contribution in [0.15, 0.2) is 24.3 Å². The Hall–Kier alpha value is -1.23. The number of unbranched alkanes of at least 4 members (excludes halogenated alkanes) is 7. The van der Waals surface area contributed by atoms with Crippen molar-refractivity contribution in [2.75, 3.05) is 12.3 Å². The molecule has 0 fully saturated rings. The van der Waals surface area contributed by atoms with Gasteiger partial charge >= 0.3 is 6.09 Å². The third kappa shape index (κ3) is 17.6. The predicted molar refractivity (Wildman–Crippen MR) is 131 cm³/mol. The molecule has 0 rings (SSSR count). The number of amides is 1. The highest BCUT2D eigenvalue weighted by atomic mass is 32.1. The van der Waals surface area contributed by atoms with Crippen LogP contribution in [0.5, 0.6) is 0 Å². The second-order valence-electron chi connectivity index (χ2n) is 7.84. The quantitative estimate of drug-likeness (QED) is 0.0924. The van der Waals surface area contributed by atoms with Crippen LogP contribution in [0.25, 0.3) is 0 Å². The van der Waals surface area contributed by atoms with Crippen molar-refractivity contribution in [3.05, 3.63) is 24.3 Å². The van der Waals surface area contributed by atoms with E-state index in [9.17, 15) is 9.59 Å². The summed E-state index contributed by atoms with van der Waals surface area (Å²) in [4.78, 5) is 23.5. The van der Waals surface area contributed by atoms with E-state index >= 15 is 0 Å². The van der Waals surface area contributed by atoms with E-state index in [0.717, 1.165) is 64.1 Å². The van der Waals surface area contributed by atoms with Gasteiger partial charge in [0.15, 0.2) is 12.4 Å². The van der Waals surface area contributed by atoms with E-state index in [1.807, 2.05) is 0 Å². The Morgan fingerprint density at radius 3 is 2.23 bits per heavy atom. The first-order valence-corrected chi connectivity index (χ1v) is 12.6.